The van der Waals surface area contributed by atoms with Crippen LogP contribution in [0.15, 0.2) is 30.3 Å². The van der Waals surface area contributed by atoms with E-state index < -0.39 is 0 Å². The number of rotatable bonds is 5. The standard InChI is InChI=1S/C15H21NO2S/c1-2-16(13-8-4-3-5-9-13)14(17)12-19-15-10-6-7-11-18-15/h3-5,8-9,15H,2,6-7,10-12H2,1H3. The van der Waals surface area contributed by atoms with Crippen LogP contribution in [0.5, 0.6) is 0 Å². The molecule has 1 aliphatic rings. The van der Waals surface area contributed by atoms with Crippen LogP contribution in [-0.2, 0) is 9.53 Å². The molecule has 0 spiro atoms. The molecule has 0 saturated carbocycles. The first kappa shape index (κ1) is 14.4. The van der Waals surface area contributed by atoms with Gasteiger partial charge in [-0.2, -0.15) is 0 Å². The molecule has 1 fully saturated rings. The van der Waals surface area contributed by atoms with Gasteiger partial charge in [0.05, 0.1) is 5.75 Å². The van der Waals surface area contributed by atoms with Crippen molar-refractivity contribution >= 4 is 23.4 Å². The fraction of sp³-hybridized carbons (Fsp3) is 0.533. The zero-order valence-electron chi connectivity index (χ0n) is 11.4. The second-order valence-corrected chi connectivity index (χ2v) is 5.73. The number of ether oxygens (including phenoxy) is 1. The van der Waals surface area contributed by atoms with Gasteiger partial charge in [0, 0.05) is 18.8 Å². The highest BCUT2D eigenvalue weighted by atomic mass is 32.2. The lowest BCUT2D eigenvalue weighted by atomic mass is 10.2. The normalized spacial score (nSPS) is 19.1. The van der Waals surface area contributed by atoms with Gasteiger partial charge in [-0.3, -0.25) is 4.79 Å². The van der Waals surface area contributed by atoms with Crippen molar-refractivity contribution in [3.8, 4) is 0 Å². The molecular formula is C15H21NO2S. The minimum Gasteiger partial charge on any atom is -0.368 e. The van der Waals surface area contributed by atoms with Crippen LogP contribution in [0.3, 0.4) is 0 Å². The highest BCUT2D eigenvalue weighted by Gasteiger charge is 2.19. The molecule has 1 aromatic rings. The topological polar surface area (TPSA) is 29.5 Å². The molecule has 0 N–H and O–H groups in total. The molecule has 0 bridgehead atoms. The van der Waals surface area contributed by atoms with Gasteiger partial charge in [-0.1, -0.05) is 18.2 Å². The van der Waals surface area contributed by atoms with E-state index in [1.54, 1.807) is 11.8 Å². The second kappa shape index (κ2) is 7.56. The smallest absolute Gasteiger partial charge is 0.237 e. The van der Waals surface area contributed by atoms with E-state index in [0.29, 0.717) is 12.3 Å². The van der Waals surface area contributed by atoms with Crippen molar-refractivity contribution in [1.29, 1.82) is 0 Å². The molecular weight excluding hydrogens is 258 g/mol. The van der Waals surface area contributed by atoms with Crippen molar-refractivity contribution < 1.29 is 9.53 Å². The van der Waals surface area contributed by atoms with Crippen LogP contribution < -0.4 is 4.90 Å². The summed E-state index contributed by atoms with van der Waals surface area (Å²) in [5.41, 5.74) is 1.17. The molecule has 3 nitrogen and oxygen atoms in total. The van der Waals surface area contributed by atoms with Crippen molar-refractivity contribution in [2.24, 2.45) is 0 Å². The minimum absolute atomic E-state index is 0.160. The Labute approximate surface area is 119 Å². The summed E-state index contributed by atoms with van der Waals surface area (Å²) in [6.07, 6.45) is 3.42. The quantitative estimate of drug-likeness (QED) is 0.828. The van der Waals surface area contributed by atoms with Gasteiger partial charge in [0.1, 0.15) is 5.44 Å². The number of carbonyl (C=O) groups excluding carboxylic acids is 1. The van der Waals surface area contributed by atoms with E-state index in [2.05, 4.69) is 0 Å². The van der Waals surface area contributed by atoms with E-state index in [0.717, 1.165) is 25.1 Å². The number of benzene rings is 1. The largest absolute Gasteiger partial charge is 0.368 e. The molecule has 0 aromatic heterocycles. The number of para-hydroxylation sites is 1. The van der Waals surface area contributed by atoms with E-state index in [1.165, 1.54) is 6.42 Å². The Balaban J connectivity index is 1.86. The molecule has 1 aromatic carbocycles. The predicted octanol–water partition coefficient (Wildman–Crippen LogP) is 3.30. The first-order valence-electron chi connectivity index (χ1n) is 6.90. The van der Waals surface area contributed by atoms with Crippen molar-refractivity contribution in [3.05, 3.63) is 30.3 Å². The Morgan fingerprint density at radius 3 is 2.79 bits per heavy atom. The fourth-order valence-electron chi connectivity index (χ4n) is 2.20. The number of amides is 1. The summed E-state index contributed by atoms with van der Waals surface area (Å²) in [4.78, 5) is 14.1. The maximum atomic E-state index is 12.3. The molecule has 2 rings (SSSR count). The molecule has 19 heavy (non-hydrogen) atoms. The van der Waals surface area contributed by atoms with Crippen molar-refractivity contribution in [3.63, 3.8) is 0 Å². The molecule has 1 heterocycles. The first-order valence-corrected chi connectivity index (χ1v) is 7.94. The van der Waals surface area contributed by atoms with Gasteiger partial charge in [0.2, 0.25) is 5.91 Å². The van der Waals surface area contributed by atoms with Gasteiger partial charge < -0.3 is 9.64 Å². The summed E-state index contributed by atoms with van der Waals surface area (Å²) in [6, 6.07) is 9.84. The maximum Gasteiger partial charge on any atom is 0.237 e. The summed E-state index contributed by atoms with van der Waals surface area (Å²) in [5, 5.41) is 0. The van der Waals surface area contributed by atoms with Crippen LogP contribution in [-0.4, -0.2) is 30.2 Å². The van der Waals surface area contributed by atoms with Crippen molar-refractivity contribution in [1.82, 2.24) is 0 Å². The predicted molar refractivity (Wildman–Crippen MR) is 80.5 cm³/mol. The maximum absolute atomic E-state index is 12.3. The monoisotopic (exact) mass is 279 g/mol. The molecule has 4 heteroatoms. The van der Waals surface area contributed by atoms with Gasteiger partial charge in [0.15, 0.2) is 0 Å². The summed E-state index contributed by atoms with van der Waals surface area (Å²) >= 11 is 1.63. The summed E-state index contributed by atoms with van der Waals surface area (Å²) in [7, 11) is 0. The summed E-state index contributed by atoms with van der Waals surface area (Å²) in [6.45, 7) is 3.55. The number of hydrogen-bond acceptors (Lipinski definition) is 3. The SMILES string of the molecule is CCN(C(=O)CSC1CCCCO1)c1ccccc1. The van der Waals surface area contributed by atoms with Gasteiger partial charge in [-0.05, 0) is 38.3 Å². The van der Waals surface area contributed by atoms with Crippen LogP contribution in [0.25, 0.3) is 0 Å². The van der Waals surface area contributed by atoms with Crippen LogP contribution in [0.1, 0.15) is 26.2 Å². The molecule has 1 unspecified atom stereocenters. The lowest BCUT2D eigenvalue weighted by Crippen LogP contribution is -2.33. The Hall–Kier alpha value is -1.00. The Morgan fingerprint density at radius 1 is 1.37 bits per heavy atom. The van der Waals surface area contributed by atoms with E-state index in [4.69, 9.17) is 4.74 Å². The van der Waals surface area contributed by atoms with Crippen LogP contribution in [0.2, 0.25) is 0 Å². The molecule has 1 atom stereocenters. The Bertz CT molecular complexity index is 390. The average molecular weight is 279 g/mol. The second-order valence-electron chi connectivity index (χ2n) is 4.58. The van der Waals surface area contributed by atoms with Gasteiger partial charge in [-0.25, -0.2) is 0 Å². The van der Waals surface area contributed by atoms with E-state index >= 15 is 0 Å². The Morgan fingerprint density at radius 2 is 2.16 bits per heavy atom. The van der Waals surface area contributed by atoms with Gasteiger partial charge in [-0.15, -0.1) is 11.8 Å². The zero-order chi connectivity index (χ0) is 13.5. The molecule has 0 radical (unpaired) electrons. The zero-order valence-corrected chi connectivity index (χ0v) is 12.2. The third-order valence-corrected chi connectivity index (χ3v) is 4.37. The van der Waals surface area contributed by atoms with Crippen molar-refractivity contribution in [2.75, 3.05) is 23.8 Å². The average Bonchev–Trinajstić information content (AvgIpc) is 2.48. The van der Waals surface area contributed by atoms with Gasteiger partial charge >= 0.3 is 0 Å². The number of nitrogens with zero attached hydrogens (tertiary/aromatic N) is 1. The van der Waals surface area contributed by atoms with Gasteiger partial charge in [0.25, 0.3) is 0 Å². The molecule has 104 valence electrons. The van der Waals surface area contributed by atoms with Crippen LogP contribution in [0.4, 0.5) is 5.69 Å². The third kappa shape index (κ3) is 4.25. The summed E-state index contributed by atoms with van der Waals surface area (Å²) < 4.78 is 5.64. The molecule has 0 aliphatic carbocycles. The van der Waals surface area contributed by atoms with E-state index in [-0.39, 0.29) is 11.3 Å². The van der Waals surface area contributed by atoms with Crippen molar-refractivity contribution in [2.45, 2.75) is 31.6 Å². The highest BCUT2D eigenvalue weighted by molar-refractivity contribution is 8.00. The molecule has 1 saturated heterocycles. The minimum atomic E-state index is 0.160. The lowest BCUT2D eigenvalue weighted by molar-refractivity contribution is -0.116. The third-order valence-electron chi connectivity index (χ3n) is 3.22. The number of anilines is 1. The first-order chi connectivity index (χ1) is 9.31. The fourth-order valence-corrected chi connectivity index (χ4v) is 3.21. The number of carbonyl (C=O) groups is 1. The van der Waals surface area contributed by atoms with E-state index in [9.17, 15) is 4.79 Å². The molecule has 1 aliphatic heterocycles. The van der Waals surface area contributed by atoms with Crippen LogP contribution in [0, 0.1) is 0 Å². The number of thioether (sulfide) groups is 1. The highest BCUT2D eigenvalue weighted by Crippen LogP contribution is 2.24. The Kier molecular flexibility index (Phi) is 5.73. The van der Waals surface area contributed by atoms with Crippen LogP contribution >= 0.6 is 11.8 Å². The summed E-state index contributed by atoms with van der Waals surface area (Å²) in [5.74, 6) is 0.654. The lowest BCUT2D eigenvalue weighted by Gasteiger charge is -2.24. The number of hydrogen-bond donors (Lipinski definition) is 0. The molecule has 1 amide bonds. The van der Waals surface area contributed by atoms with E-state index in [1.807, 2.05) is 42.2 Å².